The third kappa shape index (κ3) is 2.72. The maximum Gasteiger partial charge on any atom is 0.254 e. The maximum atomic E-state index is 11.7. The van der Waals surface area contributed by atoms with Crippen molar-refractivity contribution in [3.05, 3.63) is 28.8 Å². The molecular formula is C9H11ClN2O3S. The number of rotatable bonds is 2. The average molecular weight is 263 g/mol. The quantitative estimate of drug-likeness (QED) is 0.851. The number of amides is 1. The van der Waals surface area contributed by atoms with E-state index in [9.17, 15) is 13.2 Å². The first-order valence-electron chi connectivity index (χ1n) is 4.27. The van der Waals surface area contributed by atoms with E-state index >= 15 is 0 Å². The number of carbonyl (C=O) groups excluding carboxylic acids is 1. The second kappa shape index (κ2) is 4.40. The van der Waals surface area contributed by atoms with Crippen LogP contribution in [-0.2, 0) is 10.0 Å². The van der Waals surface area contributed by atoms with Crippen molar-refractivity contribution in [2.45, 2.75) is 4.90 Å². The van der Waals surface area contributed by atoms with Crippen LogP contribution in [0.25, 0.3) is 0 Å². The Bertz CT molecular complexity index is 526. The van der Waals surface area contributed by atoms with Crippen molar-refractivity contribution in [3.63, 3.8) is 0 Å². The zero-order chi connectivity index (χ0) is 12.5. The SMILES string of the molecule is CN(C)C(=O)c1ccc(Cl)cc1S(N)(=O)=O. The molecule has 0 heterocycles. The van der Waals surface area contributed by atoms with Crippen molar-refractivity contribution >= 4 is 27.5 Å². The molecule has 0 aliphatic heterocycles. The molecule has 1 rings (SSSR count). The number of nitrogens with zero attached hydrogens (tertiary/aromatic N) is 1. The molecule has 0 saturated heterocycles. The fourth-order valence-electron chi connectivity index (χ4n) is 1.15. The van der Waals surface area contributed by atoms with Gasteiger partial charge < -0.3 is 4.90 Å². The van der Waals surface area contributed by atoms with E-state index in [1.165, 1.54) is 31.1 Å². The molecule has 7 heteroatoms. The molecule has 0 atom stereocenters. The number of hydrogen-bond acceptors (Lipinski definition) is 3. The van der Waals surface area contributed by atoms with E-state index < -0.39 is 15.9 Å². The topological polar surface area (TPSA) is 80.5 Å². The summed E-state index contributed by atoms with van der Waals surface area (Å²) in [4.78, 5) is 12.7. The van der Waals surface area contributed by atoms with Gasteiger partial charge in [0.25, 0.3) is 5.91 Å². The van der Waals surface area contributed by atoms with Crippen LogP contribution in [0.4, 0.5) is 0 Å². The normalized spacial score (nSPS) is 11.2. The van der Waals surface area contributed by atoms with Crippen molar-refractivity contribution in [2.75, 3.05) is 14.1 Å². The lowest BCUT2D eigenvalue weighted by atomic mass is 10.2. The van der Waals surface area contributed by atoms with Gasteiger partial charge in [0.1, 0.15) is 0 Å². The number of nitrogens with two attached hydrogens (primary N) is 1. The number of benzene rings is 1. The standard InChI is InChI=1S/C9H11ClN2O3S/c1-12(2)9(13)7-4-3-6(10)5-8(7)16(11,14)15/h3-5H,1-2H3,(H2,11,14,15). The van der Waals surface area contributed by atoms with E-state index in [4.69, 9.17) is 16.7 Å². The second-order valence-corrected chi connectivity index (χ2v) is 5.35. The van der Waals surface area contributed by atoms with Gasteiger partial charge in [0, 0.05) is 19.1 Å². The molecule has 0 saturated carbocycles. The molecule has 2 N–H and O–H groups in total. The molecule has 5 nitrogen and oxygen atoms in total. The minimum atomic E-state index is -3.97. The van der Waals surface area contributed by atoms with Gasteiger partial charge in [0.05, 0.1) is 10.5 Å². The Morgan fingerprint density at radius 3 is 2.38 bits per heavy atom. The lowest BCUT2D eigenvalue weighted by Gasteiger charge is -2.13. The molecule has 0 fully saturated rings. The number of hydrogen-bond donors (Lipinski definition) is 1. The highest BCUT2D eigenvalue weighted by atomic mass is 35.5. The van der Waals surface area contributed by atoms with E-state index in [2.05, 4.69) is 0 Å². The van der Waals surface area contributed by atoms with Crippen LogP contribution in [0.15, 0.2) is 23.1 Å². The van der Waals surface area contributed by atoms with Gasteiger partial charge in [0.2, 0.25) is 10.0 Å². The molecule has 0 unspecified atom stereocenters. The van der Waals surface area contributed by atoms with Crippen molar-refractivity contribution < 1.29 is 13.2 Å². The molecule has 0 aromatic heterocycles. The van der Waals surface area contributed by atoms with Crippen LogP contribution in [0.2, 0.25) is 5.02 Å². The number of halogens is 1. The number of primary sulfonamides is 1. The lowest BCUT2D eigenvalue weighted by molar-refractivity contribution is 0.0824. The molecule has 16 heavy (non-hydrogen) atoms. The highest BCUT2D eigenvalue weighted by Crippen LogP contribution is 2.20. The van der Waals surface area contributed by atoms with Gasteiger partial charge in [-0.15, -0.1) is 0 Å². The van der Waals surface area contributed by atoms with E-state index in [1.54, 1.807) is 0 Å². The number of sulfonamides is 1. The highest BCUT2D eigenvalue weighted by molar-refractivity contribution is 7.89. The first-order valence-corrected chi connectivity index (χ1v) is 6.20. The summed E-state index contributed by atoms with van der Waals surface area (Å²) in [5.74, 6) is -0.444. The minimum Gasteiger partial charge on any atom is -0.345 e. The van der Waals surface area contributed by atoms with Crippen molar-refractivity contribution in [1.82, 2.24) is 4.90 Å². The smallest absolute Gasteiger partial charge is 0.254 e. The highest BCUT2D eigenvalue weighted by Gasteiger charge is 2.20. The zero-order valence-electron chi connectivity index (χ0n) is 8.77. The average Bonchev–Trinajstić information content (AvgIpc) is 2.15. The van der Waals surface area contributed by atoms with Crippen LogP contribution in [0.3, 0.4) is 0 Å². The maximum absolute atomic E-state index is 11.7. The summed E-state index contributed by atoms with van der Waals surface area (Å²) in [5.41, 5.74) is 0.0110. The predicted molar refractivity (Wildman–Crippen MR) is 60.8 cm³/mol. The van der Waals surface area contributed by atoms with Gasteiger partial charge in [0.15, 0.2) is 0 Å². The largest absolute Gasteiger partial charge is 0.345 e. The Kier molecular flexibility index (Phi) is 3.57. The Hall–Kier alpha value is -1.11. The Labute approximate surface area is 98.9 Å². The van der Waals surface area contributed by atoms with Crippen molar-refractivity contribution in [2.24, 2.45) is 5.14 Å². The van der Waals surface area contributed by atoms with Gasteiger partial charge in [-0.1, -0.05) is 11.6 Å². The molecule has 1 amide bonds. The third-order valence-corrected chi connectivity index (χ3v) is 3.07. The molecule has 0 bridgehead atoms. The molecule has 1 aromatic carbocycles. The van der Waals surface area contributed by atoms with Gasteiger partial charge >= 0.3 is 0 Å². The minimum absolute atomic E-state index is 0.0110. The van der Waals surface area contributed by atoms with E-state index in [0.29, 0.717) is 0 Å². The van der Waals surface area contributed by atoms with Crippen LogP contribution in [0.5, 0.6) is 0 Å². The van der Waals surface area contributed by atoms with Gasteiger partial charge in [-0.25, -0.2) is 13.6 Å². The van der Waals surface area contributed by atoms with Crippen molar-refractivity contribution in [1.29, 1.82) is 0 Å². The summed E-state index contributed by atoms with van der Waals surface area (Å²) in [6.07, 6.45) is 0. The fourth-order valence-corrected chi connectivity index (χ4v) is 2.14. The van der Waals surface area contributed by atoms with Crippen LogP contribution in [0, 0.1) is 0 Å². The van der Waals surface area contributed by atoms with Crippen LogP contribution in [0.1, 0.15) is 10.4 Å². The fraction of sp³-hybridized carbons (Fsp3) is 0.222. The van der Waals surface area contributed by atoms with Crippen LogP contribution in [-0.4, -0.2) is 33.3 Å². The molecule has 0 aliphatic carbocycles. The van der Waals surface area contributed by atoms with Gasteiger partial charge in [-0.3, -0.25) is 4.79 Å². The van der Waals surface area contributed by atoms with E-state index in [0.717, 1.165) is 6.07 Å². The summed E-state index contributed by atoms with van der Waals surface area (Å²) in [6.45, 7) is 0. The summed E-state index contributed by atoms with van der Waals surface area (Å²) < 4.78 is 22.6. The van der Waals surface area contributed by atoms with Crippen LogP contribution >= 0.6 is 11.6 Å². The Balaban J connectivity index is 3.47. The zero-order valence-corrected chi connectivity index (χ0v) is 10.3. The third-order valence-electron chi connectivity index (χ3n) is 1.89. The molecule has 0 spiro atoms. The summed E-state index contributed by atoms with van der Waals surface area (Å²) in [7, 11) is -0.931. The molecule has 1 aromatic rings. The van der Waals surface area contributed by atoms with E-state index in [-0.39, 0.29) is 15.5 Å². The van der Waals surface area contributed by atoms with Crippen molar-refractivity contribution in [3.8, 4) is 0 Å². The van der Waals surface area contributed by atoms with Crippen LogP contribution < -0.4 is 5.14 Å². The second-order valence-electron chi connectivity index (χ2n) is 3.39. The molecule has 88 valence electrons. The van der Waals surface area contributed by atoms with Gasteiger partial charge in [-0.05, 0) is 18.2 Å². The summed E-state index contributed by atoms with van der Waals surface area (Å²) in [5, 5.41) is 5.21. The molecule has 0 aliphatic rings. The first kappa shape index (κ1) is 13.0. The predicted octanol–water partition coefficient (Wildman–Crippen LogP) is 0.689. The molecule has 0 radical (unpaired) electrons. The van der Waals surface area contributed by atoms with Gasteiger partial charge in [-0.2, -0.15) is 0 Å². The lowest BCUT2D eigenvalue weighted by Crippen LogP contribution is -2.25. The Morgan fingerprint density at radius 2 is 1.94 bits per heavy atom. The summed E-state index contributed by atoms with van der Waals surface area (Å²) >= 11 is 5.66. The Morgan fingerprint density at radius 1 is 1.38 bits per heavy atom. The monoisotopic (exact) mass is 262 g/mol. The summed E-state index contributed by atoms with van der Waals surface area (Å²) in [6, 6.07) is 3.94. The number of carbonyl (C=O) groups is 1. The first-order chi connectivity index (χ1) is 7.23. The molecular weight excluding hydrogens is 252 g/mol. The van der Waals surface area contributed by atoms with E-state index in [1.807, 2.05) is 0 Å².